The van der Waals surface area contributed by atoms with Crippen molar-refractivity contribution < 1.29 is 14.3 Å². The second-order valence-corrected chi connectivity index (χ2v) is 16.3. The van der Waals surface area contributed by atoms with Crippen molar-refractivity contribution in [1.29, 1.82) is 0 Å². The van der Waals surface area contributed by atoms with E-state index in [1.165, 1.54) is 19.2 Å². The van der Waals surface area contributed by atoms with E-state index in [-0.39, 0.29) is 6.04 Å². The van der Waals surface area contributed by atoms with Crippen molar-refractivity contribution >= 4 is 14.2 Å². The van der Waals surface area contributed by atoms with Gasteiger partial charge in [-0.25, -0.2) is 14.5 Å². The van der Waals surface area contributed by atoms with Gasteiger partial charge in [0.05, 0.1) is 0 Å². The van der Waals surface area contributed by atoms with Gasteiger partial charge in [-0.2, -0.15) is 5.10 Å². The molecule has 9 heteroatoms. The van der Waals surface area contributed by atoms with Crippen molar-refractivity contribution in [3.63, 3.8) is 0 Å². The summed E-state index contributed by atoms with van der Waals surface area (Å²) in [4.78, 5) is 21.3. The molecule has 3 aromatic rings. The number of amides is 1. The first-order valence-corrected chi connectivity index (χ1v) is 16.6. The van der Waals surface area contributed by atoms with Gasteiger partial charge in [0.1, 0.15) is 18.8 Å². The predicted octanol–water partition coefficient (Wildman–Crippen LogP) is 6.13. The first kappa shape index (κ1) is 26.0. The second kappa shape index (κ2) is 12.3. The molecule has 0 atom stereocenters. The van der Waals surface area contributed by atoms with Crippen LogP contribution in [0.5, 0.6) is 5.75 Å². The van der Waals surface area contributed by atoms with Gasteiger partial charge in [-0.05, 0) is 42.6 Å². The number of carbonyl (C=O) groups is 1. The Morgan fingerprint density at radius 3 is 2.61 bits per heavy atom. The zero-order valence-electron chi connectivity index (χ0n) is 21.6. The Morgan fingerprint density at radius 2 is 1.83 bits per heavy atom. The molecule has 1 N–H and O–H groups in total. The van der Waals surface area contributed by atoms with Gasteiger partial charge in [-0.3, -0.25) is 4.98 Å². The van der Waals surface area contributed by atoms with E-state index in [2.05, 4.69) is 40.0 Å². The fourth-order valence-electron chi connectivity index (χ4n) is 4.30. The minimum atomic E-state index is -1.15. The molecule has 1 aliphatic rings. The molecule has 2 aromatic heterocycles. The first-order valence-electron chi connectivity index (χ1n) is 12.9. The molecule has 36 heavy (non-hydrogen) atoms. The summed E-state index contributed by atoms with van der Waals surface area (Å²) in [5, 5.41) is 7.36. The Labute approximate surface area is 214 Å². The summed E-state index contributed by atoms with van der Waals surface area (Å²) in [5.41, 5.74) is 2.65. The SMILES string of the molecule is C[Si](C)(C)CCOCn1ncnc1-c1cncc(-c2cccc(OC(=O)NC3CCCCCC3)c2)c1. The zero-order valence-corrected chi connectivity index (χ0v) is 22.6. The third-order valence-electron chi connectivity index (χ3n) is 6.38. The van der Waals surface area contributed by atoms with Gasteiger partial charge in [0.25, 0.3) is 0 Å². The van der Waals surface area contributed by atoms with Crippen LogP contribution in [0, 0.1) is 0 Å². The van der Waals surface area contributed by atoms with Crippen LogP contribution in [0.4, 0.5) is 4.79 Å². The summed E-state index contributed by atoms with van der Waals surface area (Å²) in [7, 11) is -1.15. The molecule has 1 aliphatic carbocycles. The van der Waals surface area contributed by atoms with Crippen LogP contribution in [0.25, 0.3) is 22.5 Å². The summed E-state index contributed by atoms with van der Waals surface area (Å²) in [6, 6.07) is 10.8. The molecule has 8 nitrogen and oxygen atoms in total. The number of hydrogen-bond donors (Lipinski definition) is 1. The Kier molecular flexibility index (Phi) is 8.87. The molecular formula is C27H37N5O3Si. The summed E-state index contributed by atoms with van der Waals surface area (Å²) in [6.07, 6.45) is 11.5. The predicted molar refractivity (Wildman–Crippen MR) is 143 cm³/mol. The van der Waals surface area contributed by atoms with Gasteiger partial charge in [0, 0.05) is 44.2 Å². The van der Waals surface area contributed by atoms with E-state index in [4.69, 9.17) is 9.47 Å². The lowest BCUT2D eigenvalue weighted by Crippen LogP contribution is -2.36. The Hall–Kier alpha value is -3.04. The minimum absolute atomic E-state index is 0.195. The number of nitrogens with zero attached hydrogens (tertiary/aromatic N) is 4. The number of rotatable bonds is 9. The summed E-state index contributed by atoms with van der Waals surface area (Å²) >= 11 is 0. The monoisotopic (exact) mass is 507 g/mol. The highest BCUT2D eigenvalue weighted by atomic mass is 28.3. The van der Waals surface area contributed by atoms with Crippen LogP contribution in [0.2, 0.25) is 25.7 Å². The summed E-state index contributed by atoms with van der Waals surface area (Å²) < 4.78 is 13.2. The zero-order chi connectivity index (χ0) is 25.4. The van der Waals surface area contributed by atoms with Crippen LogP contribution >= 0.6 is 0 Å². The fraction of sp³-hybridized carbons (Fsp3) is 0.481. The lowest BCUT2D eigenvalue weighted by molar-refractivity contribution is 0.0796. The van der Waals surface area contributed by atoms with E-state index in [1.807, 2.05) is 24.3 Å². The average Bonchev–Trinajstić information content (AvgIpc) is 3.17. The van der Waals surface area contributed by atoms with Gasteiger partial charge in [0.2, 0.25) is 0 Å². The van der Waals surface area contributed by atoms with E-state index in [0.717, 1.165) is 48.4 Å². The normalized spacial score (nSPS) is 14.9. The van der Waals surface area contributed by atoms with Crippen molar-refractivity contribution in [3.05, 3.63) is 49.1 Å². The van der Waals surface area contributed by atoms with E-state index in [1.54, 1.807) is 23.1 Å². The number of carbonyl (C=O) groups excluding carboxylic acids is 1. The van der Waals surface area contributed by atoms with Crippen LogP contribution in [0.3, 0.4) is 0 Å². The number of nitrogens with one attached hydrogen (secondary N) is 1. The van der Waals surface area contributed by atoms with Crippen molar-refractivity contribution in [2.75, 3.05) is 6.61 Å². The molecule has 192 valence electrons. The van der Waals surface area contributed by atoms with Crippen molar-refractivity contribution in [2.45, 2.75) is 77.0 Å². The molecule has 1 amide bonds. The van der Waals surface area contributed by atoms with E-state index in [9.17, 15) is 4.79 Å². The molecule has 0 unspecified atom stereocenters. The number of ether oxygens (including phenoxy) is 2. The maximum atomic E-state index is 12.5. The summed E-state index contributed by atoms with van der Waals surface area (Å²) in [6.45, 7) is 8.06. The largest absolute Gasteiger partial charge is 0.412 e. The summed E-state index contributed by atoms with van der Waals surface area (Å²) in [5.74, 6) is 1.20. The molecule has 0 saturated heterocycles. The molecule has 4 rings (SSSR count). The second-order valence-electron chi connectivity index (χ2n) is 10.6. The van der Waals surface area contributed by atoms with Crippen molar-refractivity contribution in [1.82, 2.24) is 25.1 Å². The fourth-order valence-corrected chi connectivity index (χ4v) is 5.05. The third-order valence-corrected chi connectivity index (χ3v) is 8.08. The number of benzene rings is 1. The minimum Gasteiger partial charge on any atom is -0.410 e. The van der Waals surface area contributed by atoms with Gasteiger partial charge in [-0.15, -0.1) is 0 Å². The van der Waals surface area contributed by atoms with E-state index < -0.39 is 14.2 Å². The number of pyridine rings is 1. The maximum Gasteiger partial charge on any atom is 0.412 e. The van der Waals surface area contributed by atoms with Crippen LogP contribution < -0.4 is 10.1 Å². The van der Waals surface area contributed by atoms with E-state index in [0.29, 0.717) is 24.9 Å². The van der Waals surface area contributed by atoms with Crippen molar-refractivity contribution in [3.8, 4) is 28.3 Å². The van der Waals surface area contributed by atoms with Crippen LogP contribution in [-0.4, -0.2) is 46.6 Å². The smallest absolute Gasteiger partial charge is 0.410 e. The molecule has 0 bridgehead atoms. The van der Waals surface area contributed by atoms with Gasteiger partial charge >= 0.3 is 6.09 Å². The van der Waals surface area contributed by atoms with Crippen LogP contribution in [0.15, 0.2) is 49.1 Å². The lowest BCUT2D eigenvalue weighted by Gasteiger charge is -2.16. The maximum absolute atomic E-state index is 12.5. The topological polar surface area (TPSA) is 91.2 Å². The van der Waals surface area contributed by atoms with E-state index >= 15 is 0 Å². The van der Waals surface area contributed by atoms with Crippen LogP contribution in [0.1, 0.15) is 38.5 Å². The molecule has 1 aromatic carbocycles. The molecule has 2 heterocycles. The Morgan fingerprint density at radius 1 is 1.06 bits per heavy atom. The van der Waals surface area contributed by atoms with Gasteiger partial charge in [-0.1, -0.05) is 57.5 Å². The molecular weight excluding hydrogens is 470 g/mol. The molecule has 1 fully saturated rings. The molecule has 1 saturated carbocycles. The van der Waals surface area contributed by atoms with Gasteiger partial charge < -0.3 is 14.8 Å². The molecule has 0 aliphatic heterocycles. The first-order chi connectivity index (χ1) is 17.4. The van der Waals surface area contributed by atoms with Crippen molar-refractivity contribution in [2.24, 2.45) is 0 Å². The van der Waals surface area contributed by atoms with Gasteiger partial charge in [0.15, 0.2) is 5.82 Å². The molecule has 0 spiro atoms. The highest BCUT2D eigenvalue weighted by Gasteiger charge is 2.17. The third kappa shape index (κ3) is 7.73. The number of hydrogen-bond acceptors (Lipinski definition) is 6. The lowest BCUT2D eigenvalue weighted by atomic mass is 10.1. The highest BCUT2D eigenvalue weighted by molar-refractivity contribution is 6.76. The van der Waals surface area contributed by atoms with Crippen LogP contribution in [-0.2, 0) is 11.5 Å². The standard InChI is InChI=1S/C27H37N5O3Si/c1-36(2,3)14-13-34-20-32-26(29-19-30-32)23-15-22(17-28-18-23)21-9-8-12-25(16-21)35-27(33)31-24-10-6-4-5-7-11-24/h8-9,12,15-19,24H,4-7,10-11,13-14,20H2,1-3H3,(H,31,33). The Balaban J connectivity index is 1.41. The molecule has 0 radical (unpaired) electrons. The quantitative estimate of drug-likeness (QED) is 0.213. The Bertz CT molecular complexity index is 1140. The highest BCUT2D eigenvalue weighted by Crippen LogP contribution is 2.27. The number of aromatic nitrogens is 4. The average molecular weight is 508 g/mol.